The second-order valence-corrected chi connectivity index (χ2v) is 4.41. The molecule has 86 valence electrons. The number of aryl methyl sites for hydroxylation is 1. The zero-order chi connectivity index (χ0) is 11.7. The van der Waals surface area contributed by atoms with Crippen LogP contribution in [0.4, 0.5) is 11.1 Å². The molecular formula is C9H13N5OS. The zero-order valence-corrected chi connectivity index (χ0v) is 10.2. The van der Waals surface area contributed by atoms with Crippen molar-refractivity contribution in [2.45, 2.75) is 13.8 Å². The summed E-state index contributed by atoms with van der Waals surface area (Å²) in [6.07, 6.45) is 0. The molecule has 2 rings (SSSR count). The highest BCUT2D eigenvalue weighted by atomic mass is 32.1. The Kier molecular flexibility index (Phi) is 2.78. The molecular weight excluding hydrogens is 226 g/mol. The first-order valence-electron chi connectivity index (χ1n) is 4.90. The number of aromatic nitrogens is 3. The molecule has 6 nitrogen and oxygen atoms in total. The fourth-order valence-electron chi connectivity index (χ4n) is 1.22. The lowest BCUT2D eigenvalue weighted by Gasteiger charge is -2.08. The lowest BCUT2D eigenvalue weighted by Crippen LogP contribution is -2.16. The van der Waals surface area contributed by atoms with Crippen LogP contribution < -0.4 is 10.6 Å². The topological polar surface area (TPSA) is 81.1 Å². The first-order valence-corrected chi connectivity index (χ1v) is 5.71. The molecule has 16 heavy (non-hydrogen) atoms. The van der Waals surface area contributed by atoms with E-state index in [1.54, 1.807) is 0 Å². The average Bonchev–Trinajstić information content (AvgIpc) is 2.83. The summed E-state index contributed by atoms with van der Waals surface area (Å²) in [4.78, 5) is 11.1. The van der Waals surface area contributed by atoms with Gasteiger partial charge in [0, 0.05) is 13.6 Å². The molecule has 0 atom stereocenters. The van der Waals surface area contributed by atoms with Gasteiger partial charge in [-0.2, -0.15) is 4.98 Å². The molecule has 0 saturated carbocycles. The average molecular weight is 239 g/mol. The maximum absolute atomic E-state index is 5.62. The Balaban J connectivity index is 2.35. The van der Waals surface area contributed by atoms with Crippen molar-refractivity contribution in [3.63, 3.8) is 0 Å². The van der Waals surface area contributed by atoms with Crippen LogP contribution in [0.2, 0.25) is 0 Å². The number of hydrogen-bond acceptors (Lipinski definition) is 7. The second kappa shape index (κ2) is 4.09. The van der Waals surface area contributed by atoms with E-state index in [1.165, 1.54) is 11.3 Å². The van der Waals surface area contributed by atoms with Gasteiger partial charge in [0.25, 0.3) is 11.8 Å². The molecule has 0 unspecified atom stereocenters. The Hall–Kier alpha value is -1.63. The van der Waals surface area contributed by atoms with E-state index in [0.29, 0.717) is 17.0 Å². The first-order chi connectivity index (χ1) is 7.61. The summed E-state index contributed by atoms with van der Waals surface area (Å²) < 4.78 is 5.18. The van der Waals surface area contributed by atoms with Crippen molar-refractivity contribution in [1.82, 2.24) is 15.1 Å². The van der Waals surface area contributed by atoms with Crippen LogP contribution >= 0.6 is 11.3 Å². The Morgan fingerprint density at radius 1 is 1.44 bits per heavy atom. The number of anilines is 2. The Labute approximate surface area is 97.1 Å². The molecule has 0 spiro atoms. The van der Waals surface area contributed by atoms with Crippen LogP contribution in [-0.2, 0) is 0 Å². The number of nitrogens with two attached hydrogens (primary N) is 1. The molecule has 2 N–H and O–H groups in total. The SMILES string of the molecule is CCN(C)c1noc(-c2sc(N)nc2C)n1. The smallest absolute Gasteiger partial charge is 0.271 e. The summed E-state index contributed by atoms with van der Waals surface area (Å²) in [5, 5.41) is 4.40. The van der Waals surface area contributed by atoms with Crippen LogP contribution in [0.1, 0.15) is 12.6 Å². The summed E-state index contributed by atoms with van der Waals surface area (Å²) in [6, 6.07) is 0. The number of thiazole rings is 1. The lowest BCUT2D eigenvalue weighted by atomic mass is 10.4. The van der Waals surface area contributed by atoms with Crippen molar-refractivity contribution in [2.24, 2.45) is 0 Å². The van der Waals surface area contributed by atoms with Crippen LogP contribution in [0, 0.1) is 6.92 Å². The van der Waals surface area contributed by atoms with Crippen LogP contribution in [0.25, 0.3) is 10.8 Å². The minimum absolute atomic E-state index is 0.474. The van der Waals surface area contributed by atoms with Gasteiger partial charge in [0.1, 0.15) is 4.88 Å². The number of hydrogen-bond donors (Lipinski definition) is 1. The largest absolute Gasteiger partial charge is 0.375 e. The van der Waals surface area contributed by atoms with Crippen molar-refractivity contribution >= 4 is 22.4 Å². The van der Waals surface area contributed by atoms with Crippen LogP contribution in [0.5, 0.6) is 0 Å². The summed E-state index contributed by atoms with van der Waals surface area (Å²) in [6.45, 7) is 4.71. The molecule has 2 aromatic rings. The molecule has 0 fully saturated rings. The van der Waals surface area contributed by atoms with E-state index in [9.17, 15) is 0 Å². The third-order valence-electron chi connectivity index (χ3n) is 2.24. The van der Waals surface area contributed by atoms with E-state index >= 15 is 0 Å². The van der Waals surface area contributed by atoms with E-state index in [2.05, 4.69) is 15.1 Å². The maximum Gasteiger partial charge on any atom is 0.271 e. The second-order valence-electron chi connectivity index (χ2n) is 3.38. The van der Waals surface area contributed by atoms with Crippen LogP contribution in [0.15, 0.2) is 4.52 Å². The van der Waals surface area contributed by atoms with Crippen molar-refractivity contribution in [1.29, 1.82) is 0 Å². The molecule has 7 heteroatoms. The molecule has 0 aliphatic heterocycles. The normalized spacial score (nSPS) is 10.7. The number of nitrogens with zero attached hydrogens (tertiary/aromatic N) is 4. The summed E-state index contributed by atoms with van der Waals surface area (Å²) in [5.74, 6) is 1.05. The zero-order valence-electron chi connectivity index (χ0n) is 9.39. The number of rotatable bonds is 3. The van der Waals surface area contributed by atoms with Crippen molar-refractivity contribution in [3.05, 3.63) is 5.69 Å². The van der Waals surface area contributed by atoms with Gasteiger partial charge < -0.3 is 15.2 Å². The Morgan fingerprint density at radius 2 is 2.19 bits per heavy atom. The molecule has 0 saturated heterocycles. The maximum atomic E-state index is 5.62. The van der Waals surface area contributed by atoms with Gasteiger partial charge in [-0.15, -0.1) is 0 Å². The molecule has 2 heterocycles. The number of nitrogen functional groups attached to an aromatic ring is 1. The Morgan fingerprint density at radius 3 is 2.75 bits per heavy atom. The first kappa shape index (κ1) is 10.9. The molecule has 0 aliphatic rings. The van der Waals surface area contributed by atoms with Gasteiger partial charge >= 0.3 is 0 Å². The van der Waals surface area contributed by atoms with Gasteiger partial charge in [-0.3, -0.25) is 0 Å². The van der Waals surface area contributed by atoms with E-state index in [1.807, 2.05) is 25.8 Å². The fraction of sp³-hybridized carbons (Fsp3) is 0.444. The Bertz CT molecular complexity index is 492. The van der Waals surface area contributed by atoms with Gasteiger partial charge in [0.05, 0.1) is 5.69 Å². The molecule has 0 aliphatic carbocycles. The fourth-order valence-corrected chi connectivity index (χ4v) is 1.98. The third kappa shape index (κ3) is 1.85. The van der Waals surface area contributed by atoms with E-state index < -0.39 is 0 Å². The molecule has 0 radical (unpaired) electrons. The van der Waals surface area contributed by atoms with E-state index in [4.69, 9.17) is 10.3 Å². The van der Waals surface area contributed by atoms with Gasteiger partial charge in [-0.25, -0.2) is 4.98 Å². The minimum atomic E-state index is 0.474. The van der Waals surface area contributed by atoms with Gasteiger partial charge in [0.15, 0.2) is 5.13 Å². The molecule has 0 bridgehead atoms. The quantitative estimate of drug-likeness (QED) is 0.875. The standard InChI is InChI=1S/C9H13N5OS/c1-4-14(3)9-12-7(15-13-9)6-5(2)11-8(10)16-6/h4H2,1-3H3,(H2,10,11). The summed E-state index contributed by atoms with van der Waals surface area (Å²) in [7, 11) is 1.91. The van der Waals surface area contributed by atoms with E-state index in [0.717, 1.165) is 17.1 Å². The molecule has 0 aromatic carbocycles. The van der Waals surface area contributed by atoms with Gasteiger partial charge in [0.2, 0.25) is 0 Å². The highest BCUT2D eigenvalue weighted by Crippen LogP contribution is 2.30. The van der Waals surface area contributed by atoms with Crippen molar-refractivity contribution < 1.29 is 4.52 Å². The summed E-state index contributed by atoms with van der Waals surface area (Å²) in [5.41, 5.74) is 6.43. The summed E-state index contributed by atoms with van der Waals surface area (Å²) >= 11 is 1.35. The third-order valence-corrected chi connectivity index (χ3v) is 3.21. The molecule has 0 amide bonds. The minimum Gasteiger partial charge on any atom is -0.375 e. The van der Waals surface area contributed by atoms with Gasteiger partial charge in [-0.05, 0) is 19.0 Å². The van der Waals surface area contributed by atoms with Crippen LogP contribution in [-0.4, -0.2) is 28.7 Å². The van der Waals surface area contributed by atoms with Crippen molar-refractivity contribution in [3.8, 4) is 10.8 Å². The van der Waals surface area contributed by atoms with Gasteiger partial charge in [-0.1, -0.05) is 11.3 Å². The van der Waals surface area contributed by atoms with Crippen molar-refractivity contribution in [2.75, 3.05) is 24.2 Å². The molecule has 2 aromatic heterocycles. The lowest BCUT2D eigenvalue weighted by molar-refractivity contribution is 0.431. The predicted octanol–water partition coefficient (Wildman–Crippen LogP) is 1.54. The van der Waals surface area contributed by atoms with Crippen LogP contribution in [0.3, 0.4) is 0 Å². The predicted molar refractivity (Wildman–Crippen MR) is 63.5 cm³/mol. The highest BCUT2D eigenvalue weighted by Gasteiger charge is 2.16. The highest BCUT2D eigenvalue weighted by molar-refractivity contribution is 7.18. The monoisotopic (exact) mass is 239 g/mol. The van der Waals surface area contributed by atoms with E-state index in [-0.39, 0.29) is 0 Å².